The molecule has 1 saturated heterocycles. The van der Waals surface area contributed by atoms with E-state index in [1.807, 2.05) is 4.90 Å². The van der Waals surface area contributed by atoms with Gasteiger partial charge >= 0.3 is 0 Å². The largest absolute Gasteiger partial charge is 0.378 e. The second kappa shape index (κ2) is 4.45. The Morgan fingerprint density at radius 3 is 2.80 bits per heavy atom. The number of ether oxygens (including phenoxy) is 1. The van der Waals surface area contributed by atoms with Crippen molar-refractivity contribution in [2.75, 3.05) is 31.2 Å². The lowest BCUT2D eigenvalue weighted by Crippen LogP contribution is -2.37. The summed E-state index contributed by atoms with van der Waals surface area (Å²) in [6, 6.07) is 1.42. The van der Waals surface area contributed by atoms with Crippen molar-refractivity contribution < 1.29 is 13.2 Å². The standard InChI is InChI=1S/C8H11N3O3S/c12-15(13)7-1-2-9-8(10-7)11-3-5-14-6-4-11/h1-2H,3-6H2,(H,9,10). The Kier molecular flexibility index (Phi) is 3.02. The highest BCUT2D eigenvalue weighted by atomic mass is 32.2. The molecule has 1 aromatic heterocycles. The van der Waals surface area contributed by atoms with Gasteiger partial charge in [0.05, 0.1) is 13.2 Å². The third-order valence-electron chi connectivity index (χ3n) is 2.15. The van der Waals surface area contributed by atoms with Gasteiger partial charge in [-0.3, -0.25) is 0 Å². The molecule has 15 heavy (non-hydrogen) atoms. The molecular formula is C8H11N3O3S. The van der Waals surface area contributed by atoms with Gasteiger partial charge in [-0.15, -0.1) is 0 Å². The van der Waals surface area contributed by atoms with Gasteiger partial charge in [0, 0.05) is 19.3 Å². The Labute approximate surface area is 88.1 Å². The SMILES string of the molecule is O=S(=O)=c1ccnc(N2CCOCC2)[nH]1. The number of anilines is 1. The molecule has 0 aliphatic carbocycles. The number of H-pyrrole nitrogens is 1. The van der Waals surface area contributed by atoms with Gasteiger partial charge in [0.15, 0.2) is 4.64 Å². The molecule has 0 spiro atoms. The number of aromatic amines is 1. The van der Waals surface area contributed by atoms with Gasteiger partial charge in [0.2, 0.25) is 16.2 Å². The first-order chi connectivity index (χ1) is 7.27. The topological polar surface area (TPSA) is 75.3 Å². The minimum Gasteiger partial charge on any atom is -0.378 e. The molecule has 2 rings (SSSR count). The van der Waals surface area contributed by atoms with Crippen LogP contribution in [0.2, 0.25) is 0 Å². The number of aromatic nitrogens is 2. The van der Waals surface area contributed by atoms with Gasteiger partial charge < -0.3 is 14.6 Å². The van der Waals surface area contributed by atoms with Crippen LogP contribution < -0.4 is 4.90 Å². The van der Waals surface area contributed by atoms with E-state index in [-0.39, 0.29) is 4.64 Å². The predicted octanol–water partition coefficient (Wildman–Crippen LogP) is -0.343. The van der Waals surface area contributed by atoms with Crippen LogP contribution in [0.3, 0.4) is 0 Å². The van der Waals surface area contributed by atoms with E-state index in [0.29, 0.717) is 19.2 Å². The van der Waals surface area contributed by atoms with E-state index in [0.717, 1.165) is 13.1 Å². The summed E-state index contributed by atoms with van der Waals surface area (Å²) in [6.07, 6.45) is 1.48. The van der Waals surface area contributed by atoms with Gasteiger partial charge in [0.1, 0.15) is 0 Å². The Balaban J connectivity index is 2.36. The summed E-state index contributed by atoms with van der Waals surface area (Å²) in [6.45, 7) is 2.72. The third-order valence-corrected chi connectivity index (χ3v) is 2.75. The fourth-order valence-corrected chi connectivity index (χ4v) is 1.74. The smallest absolute Gasteiger partial charge is 0.238 e. The zero-order chi connectivity index (χ0) is 10.7. The molecule has 2 heterocycles. The number of rotatable bonds is 1. The lowest BCUT2D eigenvalue weighted by molar-refractivity contribution is 0.122. The van der Waals surface area contributed by atoms with Gasteiger partial charge in [-0.05, 0) is 6.07 Å². The van der Waals surface area contributed by atoms with Crippen molar-refractivity contribution in [3.8, 4) is 0 Å². The molecule has 7 heteroatoms. The quantitative estimate of drug-likeness (QED) is 0.667. The Morgan fingerprint density at radius 1 is 1.40 bits per heavy atom. The second-order valence-electron chi connectivity index (χ2n) is 3.09. The number of morpholine rings is 1. The van der Waals surface area contributed by atoms with Crippen LogP contribution in [0, 0.1) is 4.64 Å². The molecule has 1 fully saturated rings. The minimum absolute atomic E-state index is 0.145. The van der Waals surface area contributed by atoms with Crippen LogP contribution in [0.15, 0.2) is 12.3 Å². The summed E-state index contributed by atoms with van der Waals surface area (Å²) >= 11 is 0. The van der Waals surface area contributed by atoms with E-state index in [4.69, 9.17) is 4.74 Å². The molecule has 0 amide bonds. The van der Waals surface area contributed by atoms with E-state index >= 15 is 0 Å². The molecule has 0 aromatic carbocycles. The van der Waals surface area contributed by atoms with E-state index in [1.54, 1.807) is 0 Å². The highest BCUT2D eigenvalue weighted by molar-refractivity contribution is 7.63. The number of hydrogen-bond donors (Lipinski definition) is 1. The molecule has 0 atom stereocenters. The Hall–Kier alpha value is -1.34. The molecule has 82 valence electrons. The zero-order valence-electron chi connectivity index (χ0n) is 8.01. The van der Waals surface area contributed by atoms with Crippen molar-refractivity contribution in [1.82, 2.24) is 9.97 Å². The van der Waals surface area contributed by atoms with E-state index in [2.05, 4.69) is 9.97 Å². The van der Waals surface area contributed by atoms with E-state index in [1.165, 1.54) is 12.3 Å². The first kappa shape index (κ1) is 10.2. The number of hydrogen-bond acceptors (Lipinski definition) is 5. The average molecular weight is 229 g/mol. The second-order valence-corrected chi connectivity index (χ2v) is 4.00. The summed E-state index contributed by atoms with van der Waals surface area (Å²) in [5.74, 6) is 0.569. The average Bonchev–Trinajstić information content (AvgIpc) is 2.30. The minimum atomic E-state index is -2.25. The summed E-state index contributed by atoms with van der Waals surface area (Å²) < 4.78 is 26.8. The molecule has 1 aliphatic rings. The van der Waals surface area contributed by atoms with Crippen LogP contribution in [-0.4, -0.2) is 44.7 Å². The number of nitrogens with zero attached hydrogens (tertiary/aromatic N) is 2. The maximum absolute atomic E-state index is 10.7. The lowest BCUT2D eigenvalue weighted by Gasteiger charge is -2.26. The van der Waals surface area contributed by atoms with Crippen molar-refractivity contribution in [3.63, 3.8) is 0 Å². The molecule has 6 nitrogen and oxygen atoms in total. The normalized spacial score (nSPS) is 16.4. The van der Waals surface area contributed by atoms with Gasteiger partial charge in [-0.2, -0.15) is 8.42 Å². The van der Waals surface area contributed by atoms with Crippen LogP contribution >= 0.6 is 0 Å². The summed E-state index contributed by atoms with van der Waals surface area (Å²) in [7, 11) is -2.25. The molecule has 0 bridgehead atoms. The van der Waals surface area contributed by atoms with Gasteiger partial charge in [0.25, 0.3) is 0 Å². The zero-order valence-corrected chi connectivity index (χ0v) is 8.83. The van der Waals surface area contributed by atoms with Crippen molar-refractivity contribution >= 4 is 16.2 Å². The predicted molar refractivity (Wildman–Crippen MR) is 53.8 cm³/mol. The van der Waals surface area contributed by atoms with Crippen molar-refractivity contribution in [2.24, 2.45) is 0 Å². The van der Waals surface area contributed by atoms with Crippen LogP contribution in [0.25, 0.3) is 0 Å². The molecular weight excluding hydrogens is 218 g/mol. The fraction of sp³-hybridized carbons (Fsp3) is 0.500. The molecule has 1 aromatic rings. The third kappa shape index (κ3) is 2.37. The van der Waals surface area contributed by atoms with Crippen molar-refractivity contribution in [1.29, 1.82) is 0 Å². The van der Waals surface area contributed by atoms with Crippen LogP contribution in [0.5, 0.6) is 0 Å². The molecule has 0 unspecified atom stereocenters. The molecule has 0 radical (unpaired) electrons. The monoisotopic (exact) mass is 229 g/mol. The number of nitrogens with one attached hydrogen (secondary N) is 1. The molecule has 1 aliphatic heterocycles. The summed E-state index contributed by atoms with van der Waals surface area (Å²) in [5, 5.41) is 0. The maximum atomic E-state index is 10.7. The molecule has 1 N–H and O–H groups in total. The van der Waals surface area contributed by atoms with E-state index < -0.39 is 10.3 Å². The van der Waals surface area contributed by atoms with Crippen molar-refractivity contribution in [2.45, 2.75) is 0 Å². The summed E-state index contributed by atoms with van der Waals surface area (Å²) in [5.41, 5.74) is 0. The molecule has 0 saturated carbocycles. The fourth-order valence-electron chi connectivity index (χ4n) is 1.39. The highest BCUT2D eigenvalue weighted by Gasteiger charge is 2.12. The van der Waals surface area contributed by atoms with Crippen molar-refractivity contribution in [3.05, 3.63) is 16.9 Å². The highest BCUT2D eigenvalue weighted by Crippen LogP contribution is 2.07. The first-order valence-corrected chi connectivity index (χ1v) is 5.65. The van der Waals surface area contributed by atoms with Crippen LogP contribution in [0.1, 0.15) is 0 Å². The first-order valence-electron chi connectivity index (χ1n) is 4.57. The van der Waals surface area contributed by atoms with Crippen LogP contribution in [0.4, 0.5) is 5.95 Å². The van der Waals surface area contributed by atoms with Crippen LogP contribution in [-0.2, 0) is 15.0 Å². The lowest BCUT2D eigenvalue weighted by atomic mass is 10.4. The Morgan fingerprint density at radius 2 is 2.13 bits per heavy atom. The maximum Gasteiger partial charge on any atom is 0.238 e. The van der Waals surface area contributed by atoms with E-state index in [9.17, 15) is 8.42 Å². The van der Waals surface area contributed by atoms with Gasteiger partial charge in [-0.25, -0.2) is 4.98 Å². The summed E-state index contributed by atoms with van der Waals surface area (Å²) in [4.78, 5) is 8.81. The van der Waals surface area contributed by atoms with Gasteiger partial charge in [-0.1, -0.05) is 0 Å². The Bertz CT molecular complexity index is 494.